The van der Waals surface area contributed by atoms with E-state index in [-0.39, 0.29) is 0 Å². The fourth-order valence-corrected chi connectivity index (χ4v) is 2.86. The fourth-order valence-electron chi connectivity index (χ4n) is 2.86. The summed E-state index contributed by atoms with van der Waals surface area (Å²) in [5.41, 5.74) is 3.13. The summed E-state index contributed by atoms with van der Waals surface area (Å²) in [6.45, 7) is 2.03. The van der Waals surface area contributed by atoms with E-state index in [0.29, 0.717) is 0 Å². The SMILES string of the molecule is Cc1cc2ccccc2c(-c2ccc(Oc3ccccc3)cc2)n1. The van der Waals surface area contributed by atoms with Crippen LogP contribution in [0.25, 0.3) is 22.0 Å². The molecule has 0 saturated carbocycles. The topological polar surface area (TPSA) is 22.1 Å². The minimum absolute atomic E-state index is 0.821. The molecule has 0 radical (unpaired) electrons. The molecule has 0 fully saturated rings. The van der Waals surface area contributed by atoms with E-state index >= 15 is 0 Å². The van der Waals surface area contributed by atoms with Gasteiger partial charge >= 0.3 is 0 Å². The Bertz CT molecular complexity index is 976. The molecule has 4 aromatic rings. The summed E-state index contributed by atoms with van der Waals surface area (Å²) >= 11 is 0. The molecule has 0 aliphatic heterocycles. The molecule has 0 bridgehead atoms. The van der Waals surface area contributed by atoms with Crippen molar-refractivity contribution in [2.45, 2.75) is 6.92 Å². The second-order valence-corrected chi connectivity index (χ2v) is 5.77. The normalized spacial score (nSPS) is 10.7. The number of nitrogens with zero attached hydrogens (tertiary/aromatic N) is 1. The molecule has 24 heavy (non-hydrogen) atoms. The molecule has 0 N–H and O–H groups in total. The molecule has 0 spiro atoms. The molecule has 3 aromatic carbocycles. The second-order valence-electron chi connectivity index (χ2n) is 5.77. The van der Waals surface area contributed by atoms with E-state index in [4.69, 9.17) is 9.72 Å². The Morgan fingerprint density at radius 3 is 2.17 bits per heavy atom. The standard InChI is InChI=1S/C22H17NO/c1-16-15-18-7-5-6-10-21(18)22(23-16)17-11-13-20(14-12-17)24-19-8-3-2-4-9-19/h2-15H,1H3. The third-order valence-corrected chi connectivity index (χ3v) is 3.98. The quantitative estimate of drug-likeness (QED) is 0.463. The first-order valence-electron chi connectivity index (χ1n) is 7.99. The number of benzene rings is 3. The molecule has 1 aromatic heterocycles. The van der Waals surface area contributed by atoms with E-state index in [0.717, 1.165) is 28.5 Å². The molecule has 0 atom stereocenters. The lowest BCUT2D eigenvalue weighted by molar-refractivity contribution is 0.483. The van der Waals surface area contributed by atoms with Crippen molar-refractivity contribution >= 4 is 10.8 Å². The van der Waals surface area contributed by atoms with Gasteiger partial charge in [-0.2, -0.15) is 0 Å². The lowest BCUT2D eigenvalue weighted by Gasteiger charge is -2.09. The van der Waals surface area contributed by atoms with Gasteiger partial charge in [0.1, 0.15) is 11.5 Å². The monoisotopic (exact) mass is 311 g/mol. The smallest absolute Gasteiger partial charge is 0.127 e. The van der Waals surface area contributed by atoms with E-state index in [9.17, 15) is 0 Å². The van der Waals surface area contributed by atoms with Crippen LogP contribution >= 0.6 is 0 Å². The van der Waals surface area contributed by atoms with Gasteiger partial charge in [-0.1, -0.05) is 42.5 Å². The summed E-state index contributed by atoms with van der Waals surface area (Å²) in [4.78, 5) is 4.74. The summed E-state index contributed by atoms with van der Waals surface area (Å²) in [5, 5.41) is 2.38. The summed E-state index contributed by atoms with van der Waals surface area (Å²) < 4.78 is 5.86. The zero-order valence-corrected chi connectivity index (χ0v) is 13.4. The van der Waals surface area contributed by atoms with E-state index in [1.807, 2.05) is 49.4 Å². The predicted octanol–water partition coefficient (Wildman–Crippen LogP) is 6.00. The molecule has 116 valence electrons. The van der Waals surface area contributed by atoms with Gasteiger partial charge in [0.05, 0.1) is 5.69 Å². The van der Waals surface area contributed by atoms with Crippen molar-refractivity contribution in [3.05, 3.63) is 90.6 Å². The molecular weight excluding hydrogens is 294 g/mol. The number of aryl methyl sites for hydroxylation is 1. The summed E-state index contributed by atoms with van der Waals surface area (Å²) in [6, 6.07) is 28.4. The van der Waals surface area contributed by atoms with Crippen LogP contribution in [0.4, 0.5) is 0 Å². The zero-order chi connectivity index (χ0) is 16.4. The minimum Gasteiger partial charge on any atom is -0.457 e. The zero-order valence-electron chi connectivity index (χ0n) is 13.4. The Morgan fingerprint density at radius 1 is 0.708 bits per heavy atom. The van der Waals surface area contributed by atoms with Gasteiger partial charge in [-0.3, -0.25) is 4.98 Å². The minimum atomic E-state index is 0.821. The number of pyridine rings is 1. The van der Waals surface area contributed by atoms with Crippen LogP contribution in [0.15, 0.2) is 84.9 Å². The number of para-hydroxylation sites is 1. The van der Waals surface area contributed by atoms with E-state index < -0.39 is 0 Å². The Labute approximate surface area is 141 Å². The number of rotatable bonds is 3. The van der Waals surface area contributed by atoms with Crippen molar-refractivity contribution in [2.24, 2.45) is 0 Å². The molecule has 0 aliphatic carbocycles. The Morgan fingerprint density at radius 2 is 1.38 bits per heavy atom. The summed E-state index contributed by atoms with van der Waals surface area (Å²) in [5.74, 6) is 1.66. The molecule has 2 nitrogen and oxygen atoms in total. The molecule has 4 rings (SSSR count). The first-order chi connectivity index (χ1) is 11.8. The molecule has 2 heteroatoms. The maximum absolute atomic E-state index is 5.86. The van der Waals surface area contributed by atoms with Gasteiger partial charge in [-0.05, 0) is 54.8 Å². The van der Waals surface area contributed by atoms with Gasteiger partial charge in [-0.25, -0.2) is 0 Å². The van der Waals surface area contributed by atoms with Crippen molar-refractivity contribution in [2.75, 3.05) is 0 Å². The number of hydrogen-bond acceptors (Lipinski definition) is 2. The fraction of sp³-hybridized carbons (Fsp3) is 0.0455. The Balaban J connectivity index is 1.71. The highest BCUT2D eigenvalue weighted by molar-refractivity contribution is 5.94. The molecule has 1 heterocycles. The van der Waals surface area contributed by atoms with Crippen molar-refractivity contribution in [3.63, 3.8) is 0 Å². The lowest BCUT2D eigenvalue weighted by atomic mass is 10.0. The number of ether oxygens (including phenoxy) is 1. The van der Waals surface area contributed by atoms with Crippen molar-refractivity contribution in [1.82, 2.24) is 4.98 Å². The average Bonchev–Trinajstić information content (AvgIpc) is 2.62. The predicted molar refractivity (Wildman–Crippen MR) is 98.4 cm³/mol. The number of aromatic nitrogens is 1. The highest BCUT2D eigenvalue weighted by Crippen LogP contribution is 2.30. The maximum Gasteiger partial charge on any atom is 0.127 e. The first-order valence-corrected chi connectivity index (χ1v) is 7.99. The van der Waals surface area contributed by atoms with Gasteiger partial charge in [0.25, 0.3) is 0 Å². The van der Waals surface area contributed by atoms with Crippen LogP contribution in [0.5, 0.6) is 11.5 Å². The average molecular weight is 311 g/mol. The first kappa shape index (κ1) is 14.5. The summed E-state index contributed by atoms with van der Waals surface area (Å²) in [7, 11) is 0. The van der Waals surface area contributed by atoms with E-state index in [1.54, 1.807) is 0 Å². The van der Waals surface area contributed by atoms with E-state index in [1.165, 1.54) is 10.8 Å². The molecule has 0 saturated heterocycles. The third kappa shape index (κ3) is 2.86. The summed E-state index contributed by atoms with van der Waals surface area (Å²) in [6.07, 6.45) is 0. The van der Waals surface area contributed by atoms with Crippen LogP contribution < -0.4 is 4.74 Å². The van der Waals surface area contributed by atoms with Gasteiger partial charge in [0.2, 0.25) is 0 Å². The Kier molecular flexibility index (Phi) is 3.72. The largest absolute Gasteiger partial charge is 0.457 e. The van der Waals surface area contributed by atoms with Gasteiger partial charge in [-0.15, -0.1) is 0 Å². The van der Waals surface area contributed by atoms with Crippen LogP contribution in [-0.2, 0) is 0 Å². The van der Waals surface area contributed by atoms with Crippen LogP contribution in [0.2, 0.25) is 0 Å². The van der Waals surface area contributed by atoms with Gasteiger partial charge < -0.3 is 4.74 Å². The molecular formula is C22H17NO. The van der Waals surface area contributed by atoms with Crippen LogP contribution in [0.1, 0.15) is 5.69 Å². The number of fused-ring (bicyclic) bond motifs is 1. The van der Waals surface area contributed by atoms with Crippen molar-refractivity contribution in [1.29, 1.82) is 0 Å². The van der Waals surface area contributed by atoms with Gasteiger partial charge in [0, 0.05) is 16.6 Å². The van der Waals surface area contributed by atoms with Crippen molar-refractivity contribution < 1.29 is 4.74 Å². The van der Waals surface area contributed by atoms with Crippen molar-refractivity contribution in [3.8, 4) is 22.8 Å². The van der Waals surface area contributed by atoms with Crippen LogP contribution in [0, 0.1) is 6.92 Å². The highest BCUT2D eigenvalue weighted by atomic mass is 16.5. The van der Waals surface area contributed by atoms with Crippen LogP contribution in [0.3, 0.4) is 0 Å². The third-order valence-electron chi connectivity index (χ3n) is 3.98. The molecule has 0 unspecified atom stereocenters. The van der Waals surface area contributed by atoms with Crippen LogP contribution in [-0.4, -0.2) is 4.98 Å². The van der Waals surface area contributed by atoms with E-state index in [2.05, 4.69) is 42.5 Å². The molecule has 0 amide bonds. The number of hydrogen-bond donors (Lipinski definition) is 0. The molecule has 0 aliphatic rings. The van der Waals surface area contributed by atoms with Gasteiger partial charge in [0.15, 0.2) is 0 Å². The highest BCUT2D eigenvalue weighted by Gasteiger charge is 2.07. The maximum atomic E-state index is 5.86. The Hall–Kier alpha value is -3.13. The second kappa shape index (κ2) is 6.17. The lowest BCUT2D eigenvalue weighted by Crippen LogP contribution is -1.90.